The third-order valence-corrected chi connectivity index (χ3v) is 2.77. The number of carboxylic acids is 1. The lowest BCUT2D eigenvalue weighted by molar-refractivity contribution is -0.111. The molecule has 1 amide bonds. The summed E-state index contributed by atoms with van der Waals surface area (Å²) in [6.07, 6.45) is 2.95. The number of aromatic nitrogens is 1. The van der Waals surface area contributed by atoms with Gasteiger partial charge in [0.05, 0.1) is 0 Å². The van der Waals surface area contributed by atoms with Crippen molar-refractivity contribution in [2.24, 2.45) is 0 Å². The van der Waals surface area contributed by atoms with Crippen molar-refractivity contribution >= 4 is 35.4 Å². The Morgan fingerprint density at radius 1 is 1.14 bits per heavy atom. The van der Waals surface area contributed by atoms with Crippen molar-refractivity contribution in [3.8, 4) is 0 Å². The van der Waals surface area contributed by atoms with Crippen molar-refractivity contribution < 1.29 is 14.7 Å². The number of anilines is 1. The summed E-state index contributed by atoms with van der Waals surface area (Å²) >= 11 is 5.76. The van der Waals surface area contributed by atoms with Crippen molar-refractivity contribution in [2.75, 3.05) is 5.32 Å². The number of carboxylic acid groups (broad SMARTS) is 1. The van der Waals surface area contributed by atoms with Crippen molar-refractivity contribution in [1.82, 2.24) is 4.98 Å². The second kappa shape index (κ2) is 6.67. The normalized spacial score (nSPS) is 10.5. The van der Waals surface area contributed by atoms with E-state index < -0.39 is 11.9 Å². The molecular weight excluding hydrogens is 292 g/mol. The molecule has 1 aromatic carbocycles. The number of hydrogen-bond donors (Lipinski definition) is 2. The molecule has 0 bridgehead atoms. The van der Waals surface area contributed by atoms with Crippen LogP contribution in [-0.2, 0) is 4.79 Å². The maximum absolute atomic E-state index is 11.7. The summed E-state index contributed by atoms with van der Waals surface area (Å²) in [5, 5.41) is 11.9. The summed E-state index contributed by atoms with van der Waals surface area (Å²) in [7, 11) is 0. The molecule has 21 heavy (non-hydrogen) atoms. The number of aromatic carboxylic acids is 1. The van der Waals surface area contributed by atoms with E-state index in [1.54, 1.807) is 30.3 Å². The summed E-state index contributed by atoms with van der Waals surface area (Å²) in [6.45, 7) is 0. The van der Waals surface area contributed by atoms with Crippen LogP contribution in [0.3, 0.4) is 0 Å². The van der Waals surface area contributed by atoms with Gasteiger partial charge >= 0.3 is 5.97 Å². The molecule has 2 N–H and O–H groups in total. The molecule has 0 aliphatic rings. The van der Waals surface area contributed by atoms with Crippen LogP contribution in [0.2, 0.25) is 5.02 Å². The summed E-state index contributed by atoms with van der Waals surface area (Å²) in [6, 6.07) is 11.4. The van der Waals surface area contributed by atoms with E-state index in [4.69, 9.17) is 16.7 Å². The molecule has 0 atom stereocenters. The number of halogens is 1. The van der Waals surface area contributed by atoms with Gasteiger partial charge in [-0.05, 0) is 35.9 Å². The third kappa shape index (κ3) is 4.43. The summed E-state index contributed by atoms with van der Waals surface area (Å²) in [4.78, 5) is 26.3. The first kappa shape index (κ1) is 14.7. The van der Waals surface area contributed by atoms with Crippen molar-refractivity contribution in [1.29, 1.82) is 0 Å². The van der Waals surface area contributed by atoms with E-state index >= 15 is 0 Å². The Kier molecular flexibility index (Phi) is 4.68. The van der Waals surface area contributed by atoms with E-state index in [1.165, 1.54) is 24.3 Å². The smallest absolute Gasteiger partial charge is 0.354 e. The van der Waals surface area contributed by atoms with Crippen molar-refractivity contribution in [2.45, 2.75) is 0 Å². The average molecular weight is 303 g/mol. The van der Waals surface area contributed by atoms with Gasteiger partial charge in [0.1, 0.15) is 5.82 Å². The number of carbonyl (C=O) groups is 2. The Balaban J connectivity index is 2.03. The Morgan fingerprint density at radius 3 is 2.52 bits per heavy atom. The fraction of sp³-hybridized carbons (Fsp3) is 0. The van der Waals surface area contributed by atoms with Gasteiger partial charge in [0.25, 0.3) is 0 Å². The van der Waals surface area contributed by atoms with E-state index in [-0.39, 0.29) is 11.5 Å². The standard InChI is InChI=1S/C15H11ClN2O3/c16-11-7-4-10(5-8-11)6-9-14(19)18-13-3-1-2-12(17-13)15(20)21/h1-9H,(H,20,21)(H,17,18,19). The summed E-state index contributed by atoms with van der Waals surface area (Å²) in [5.74, 6) is -1.37. The van der Waals surface area contributed by atoms with Gasteiger partial charge in [0, 0.05) is 11.1 Å². The topological polar surface area (TPSA) is 79.3 Å². The maximum atomic E-state index is 11.7. The zero-order chi connectivity index (χ0) is 15.2. The summed E-state index contributed by atoms with van der Waals surface area (Å²) in [5.41, 5.74) is 0.691. The fourth-order valence-corrected chi connectivity index (χ4v) is 1.66. The van der Waals surface area contributed by atoms with Crippen LogP contribution in [0.5, 0.6) is 0 Å². The van der Waals surface area contributed by atoms with E-state index in [2.05, 4.69) is 10.3 Å². The molecule has 0 spiro atoms. The van der Waals surface area contributed by atoms with E-state index in [9.17, 15) is 9.59 Å². The molecule has 0 radical (unpaired) electrons. The molecule has 2 rings (SSSR count). The monoisotopic (exact) mass is 302 g/mol. The van der Waals surface area contributed by atoms with Gasteiger partial charge in [-0.1, -0.05) is 29.8 Å². The van der Waals surface area contributed by atoms with Crippen LogP contribution in [0, 0.1) is 0 Å². The molecule has 0 saturated carbocycles. The molecule has 5 nitrogen and oxygen atoms in total. The number of nitrogens with one attached hydrogen (secondary N) is 1. The van der Waals surface area contributed by atoms with Crippen LogP contribution in [0.1, 0.15) is 16.1 Å². The molecular formula is C15H11ClN2O3. The minimum absolute atomic E-state index is 0.130. The first-order valence-electron chi connectivity index (χ1n) is 5.99. The fourth-order valence-electron chi connectivity index (χ4n) is 1.54. The van der Waals surface area contributed by atoms with Crippen molar-refractivity contribution in [3.05, 3.63) is 64.8 Å². The largest absolute Gasteiger partial charge is 0.477 e. The van der Waals surface area contributed by atoms with E-state index in [1.807, 2.05) is 0 Å². The lowest BCUT2D eigenvalue weighted by Crippen LogP contribution is -2.11. The zero-order valence-corrected chi connectivity index (χ0v) is 11.5. The SMILES string of the molecule is O=C(C=Cc1ccc(Cl)cc1)Nc1cccc(C(=O)O)n1. The molecule has 106 valence electrons. The first-order chi connectivity index (χ1) is 10.0. The number of benzene rings is 1. The summed E-state index contributed by atoms with van der Waals surface area (Å²) < 4.78 is 0. The predicted molar refractivity (Wildman–Crippen MR) is 80.3 cm³/mol. The molecule has 1 aromatic heterocycles. The molecule has 1 heterocycles. The number of carbonyl (C=O) groups excluding carboxylic acids is 1. The highest BCUT2D eigenvalue weighted by molar-refractivity contribution is 6.30. The molecule has 6 heteroatoms. The lowest BCUT2D eigenvalue weighted by Gasteiger charge is -2.02. The third-order valence-electron chi connectivity index (χ3n) is 2.52. The molecule has 0 unspecified atom stereocenters. The Bertz CT molecular complexity index is 696. The lowest BCUT2D eigenvalue weighted by atomic mass is 10.2. The van der Waals surface area contributed by atoms with Crippen LogP contribution in [0.15, 0.2) is 48.5 Å². The number of nitrogens with zero attached hydrogens (tertiary/aromatic N) is 1. The predicted octanol–water partition coefficient (Wildman–Crippen LogP) is 3.09. The number of amides is 1. The quantitative estimate of drug-likeness (QED) is 0.851. The first-order valence-corrected chi connectivity index (χ1v) is 6.37. The maximum Gasteiger partial charge on any atom is 0.354 e. The van der Waals surface area contributed by atoms with Gasteiger partial charge in [-0.3, -0.25) is 4.79 Å². The van der Waals surface area contributed by atoms with Gasteiger partial charge in [-0.25, -0.2) is 9.78 Å². The van der Waals surface area contributed by atoms with Crippen molar-refractivity contribution in [3.63, 3.8) is 0 Å². The van der Waals surface area contributed by atoms with Crippen LogP contribution >= 0.6 is 11.6 Å². The van der Waals surface area contributed by atoms with Gasteiger partial charge in [0.2, 0.25) is 5.91 Å². The number of rotatable bonds is 4. The Hall–Kier alpha value is -2.66. The second-order valence-electron chi connectivity index (χ2n) is 4.09. The molecule has 0 aliphatic heterocycles. The number of pyridine rings is 1. The highest BCUT2D eigenvalue weighted by Crippen LogP contribution is 2.11. The molecule has 0 fully saturated rings. The highest BCUT2D eigenvalue weighted by Gasteiger charge is 2.06. The minimum Gasteiger partial charge on any atom is -0.477 e. The van der Waals surface area contributed by atoms with Crippen LogP contribution in [0.25, 0.3) is 6.08 Å². The van der Waals surface area contributed by atoms with E-state index in [0.29, 0.717) is 5.02 Å². The van der Waals surface area contributed by atoms with Gasteiger partial charge in [-0.15, -0.1) is 0 Å². The van der Waals surface area contributed by atoms with Crippen LogP contribution in [0.4, 0.5) is 5.82 Å². The minimum atomic E-state index is -1.15. The second-order valence-corrected chi connectivity index (χ2v) is 4.52. The molecule has 0 saturated heterocycles. The molecule has 2 aromatic rings. The van der Waals surface area contributed by atoms with Crippen LogP contribution in [-0.4, -0.2) is 22.0 Å². The Morgan fingerprint density at radius 2 is 1.86 bits per heavy atom. The Labute approximate surface area is 125 Å². The van der Waals surface area contributed by atoms with Gasteiger partial charge in [0.15, 0.2) is 5.69 Å². The van der Waals surface area contributed by atoms with Gasteiger partial charge < -0.3 is 10.4 Å². The highest BCUT2D eigenvalue weighted by atomic mass is 35.5. The van der Waals surface area contributed by atoms with E-state index in [0.717, 1.165) is 5.56 Å². The van der Waals surface area contributed by atoms with Gasteiger partial charge in [-0.2, -0.15) is 0 Å². The number of hydrogen-bond acceptors (Lipinski definition) is 3. The average Bonchev–Trinajstić information content (AvgIpc) is 2.47. The van der Waals surface area contributed by atoms with Crippen LogP contribution < -0.4 is 5.32 Å². The molecule has 0 aliphatic carbocycles. The zero-order valence-electron chi connectivity index (χ0n) is 10.8.